The summed E-state index contributed by atoms with van der Waals surface area (Å²) >= 11 is 12.2. The molecule has 3 amide bonds. The molecule has 1 fully saturated rings. The summed E-state index contributed by atoms with van der Waals surface area (Å²) in [5, 5.41) is 13.8. The third-order valence-corrected chi connectivity index (χ3v) is 5.66. The van der Waals surface area contributed by atoms with Gasteiger partial charge in [0.1, 0.15) is 18.2 Å². The molecule has 0 radical (unpaired) electrons. The number of carbonyl (C=O) groups excluding carboxylic acids is 2. The predicted molar refractivity (Wildman–Crippen MR) is 123 cm³/mol. The van der Waals surface area contributed by atoms with Crippen molar-refractivity contribution in [1.29, 1.82) is 0 Å². The smallest absolute Gasteiger partial charge is 0.325 e. The summed E-state index contributed by atoms with van der Waals surface area (Å²) in [5.74, 6) is 0.418. The van der Waals surface area contributed by atoms with Gasteiger partial charge in [-0.1, -0.05) is 47.5 Å². The Labute approximate surface area is 196 Å². The van der Waals surface area contributed by atoms with Crippen LogP contribution in [0.4, 0.5) is 4.79 Å². The van der Waals surface area contributed by atoms with Crippen LogP contribution in [0.3, 0.4) is 0 Å². The number of allylic oxidation sites excluding steroid dienone is 1. The lowest BCUT2D eigenvalue weighted by Gasteiger charge is -2.24. The Morgan fingerprint density at radius 1 is 1.19 bits per heavy atom. The Balaban J connectivity index is 1.68. The van der Waals surface area contributed by atoms with E-state index in [1.165, 1.54) is 13.2 Å². The summed E-state index contributed by atoms with van der Waals surface area (Å²) in [6.07, 6.45) is 2.71. The van der Waals surface area contributed by atoms with E-state index in [2.05, 4.69) is 5.32 Å². The SMILES string of the molecule is C/C=C/c1ccc(OCC(O)CN2C(=O)NC(C)(c3ccc(Cl)cc3Cl)C2=O)c(OC)c1. The quantitative estimate of drug-likeness (QED) is 0.553. The molecule has 3 rings (SSSR count). The van der Waals surface area contributed by atoms with Crippen molar-refractivity contribution in [2.75, 3.05) is 20.3 Å². The fourth-order valence-electron chi connectivity index (χ4n) is 3.49. The zero-order valence-corrected chi connectivity index (χ0v) is 19.4. The highest BCUT2D eigenvalue weighted by molar-refractivity contribution is 6.35. The number of methoxy groups -OCH3 is 1. The minimum Gasteiger partial charge on any atom is -0.493 e. The fraction of sp³-hybridized carbons (Fsp3) is 0.304. The molecule has 0 spiro atoms. The first kappa shape index (κ1) is 23.9. The first-order valence-corrected chi connectivity index (χ1v) is 10.7. The van der Waals surface area contributed by atoms with Crippen LogP contribution in [0.2, 0.25) is 10.0 Å². The van der Waals surface area contributed by atoms with Gasteiger partial charge in [0.25, 0.3) is 5.91 Å². The molecule has 2 aromatic rings. The first-order chi connectivity index (χ1) is 15.2. The number of carbonyl (C=O) groups is 2. The molecule has 2 aromatic carbocycles. The van der Waals surface area contributed by atoms with Gasteiger partial charge in [-0.15, -0.1) is 0 Å². The molecule has 0 bridgehead atoms. The van der Waals surface area contributed by atoms with Crippen molar-refractivity contribution in [3.05, 3.63) is 63.6 Å². The van der Waals surface area contributed by atoms with E-state index in [-0.39, 0.29) is 18.2 Å². The summed E-state index contributed by atoms with van der Waals surface area (Å²) in [4.78, 5) is 26.5. The molecule has 2 atom stereocenters. The van der Waals surface area contributed by atoms with E-state index >= 15 is 0 Å². The molecule has 170 valence electrons. The number of aliphatic hydroxyl groups is 1. The molecule has 0 aliphatic carbocycles. The number of amides is 3. The van der Waals surface area contributed by atoms with Gasteiger partial charge < -0.3 is 19.9 Å². The van der Waals surface area contributed by atoms with Gasteiger partial charge in [-0.3, -0.25) is 9.69 Å². The van der Waals surface area contributed by atoms with E-state index in [0.29, 0.717) is 22.1 Å². The highest BCUT2D eigenvalue weighted by Crippen LogP contribution is 2.35. The van der Waals surface area contributed by atoms with Crippen LogP contribution in [0.5, 0.6) is 11.5 Å². The van der Waals surface area contributed by atoms with Crippen molar-refractivity contribution in [1.82, 2.24) is 10.2 Å². The number of nitrogens with one attached hydrogen (secondary N) is 1. The van der Waals surface area contributed by atoms with Crippen molar-refractivity contribution in [3.8, 4) is 11.5 Å². The van der Waals surface area contributed by atoms with Crippen LogP contribution in [0.25, 0.3) is 6.08 Å². The second-order valence-electron chi connectivity index (χ2n) is 7.47. The van der Waals surface area contributed by atoms with Gasteiger partial charge in [-0.2, -0.15) is 0 Å². The van der Waals surface area contributed by atoms with Crippen molar-refractivity contribution in [3.63, 3.8) is 0 Å². The van der Waals surface area contributed by atoms with E-state index < -0.39 is 23.6 Å². The molecule has 7 nitrogen and oxygen atoms in total. The molecule has 2 N–H and O–H groups in total. The van der Waals surface area contributed by atoms with Crippen LogP contribution < -0.4 is 14.8 Å². The Morgan fingerprint density at radius 3 is 2.59 bits per heavy atom. The van der Waals surface area contributed by atoms with Crippen molar-refractivity contribution >= 4 is 41.2 Å². The molecule has 1 saturated heterocycles. The number of imide groups is 1. The second kappa shape index (κ2) is 9.81. The summed E-state index contributed by atoms with van der Waals surface area (Å²) in [7, 11) is 1.52. The minimum atomic E-state index is -1.37. The van der Waals surface area contributed by atoms with Crippen molar-refractivity contribution in [2.24, 2.45) is 0 Å². The summed E-state index contributed by atoms with van der Waals surface area (Å²) in [6, 6.07) is 9.44. The number of aliphatic hydroxyl groups excluding tert-OH is 1. The third kappa shape index (κ3) is 4.85. The van der Waals surface area contributed by atoms with Crippen LogP contribution in [0.15, 0.2) is 42.5 Å². The maximum Gasteiger partial charge on any atom is 0.325 e. The molecule has 9 heteroatoms. The van der Waals surface area contributed by atoms with Gasteiger partial charge in [-0.05, 0) is 43.7 Å². The first-order valence-electron chi connectivity index (χ1n) is 9.90. The second-order valence-corrected chi connectivity index (χ2v) is 8.31. The highest BCUT2D eigenvalue weighted by Gasteiger charge is 2.50. The van der Waals surface area contributed by atoms with Crippen LogP contribution in [0.1, 0.15) is 25.0 Å². The summed E-state index contributed by atoms with van der Waals surface area (Å²) in [5.41, 5.74) is -0.0108. The highest BCUT2D eigenvalue weighted by atomic mass is 35.5. The minimum absolute atomic E-state index is 0.144. The molecule has 0 aromatic heterocycles. The van der Waals surface area contributed by atoms with Gasteiger partial charge in [0.15, 0.2) is 11.5 Å². The standard InChI is InChI=1S/C23H24Cl2N2O5/c1-4-5-14-6-9-19(20(10-14)31-3)32-13-16(28)12-27-21(29)23(2,26-22(27)30)17-8-7-15(24)11-18(17)25/h4-11,16,28H,12-13H2,1-3H3,(H,26,30)/b5-4+. The molecule has 1 heterocycles. The van der Waals surface area contributed by atoms with Gasteiger partial charge >= 0.3 is 6.03 Å². The summed E-state index contributed by atoms with van der Waals surface area (Å²) < 4.78 is 11.0. The number of β-amino-alcohol motifs (C(OH)–C–C–N with tert-alkyl or cyclic N) is 1. The Kier molecular flexibility index (Phi) is 7.33. The van der Waals surface area contributed by atoms with Gasteiger partial charge in [0, 0.05) is 15.6 Å². The average molecular weight is 479 g/mol. The zero-order valence-electron chi connectivity index (χ0n) is 17.9. The largest absolute Gasteiger partial charge is 0.493 e. The predicted octanol–water partition coefficient (Wildman–Crippen LogP) is 4.24. The molecule has 1 aliphatic heterocycles. The summed E-state index contributed by atoms with van der Waals surface area (Å²) in [6.45, 7) is 3.08. The van der Waals surface area contributed by atoms with E-state index in [1.54, 1.807) is 31.2 Å². The molecular formula is C23H24Cl2N2O5. The Bertz CT molecular complexity index is 1060. The molecule has 0 saturated carbocycles. The van der Waals surface area contributed by atoms with Crippen molar-refractivity contribution < 1.29 is 24.2 Å². The molecule has 1 aliphatic rings. The number of nitrogens with zero attached hydrogens (tertiary/aromatic N) is 1. The maximum absolute atomic E-state index is 13.1. The van der Waals surface area contributed by atoms with Crippen LogP contribution >= 0.6 is 23.2 Å². The zero-order chi connectivity index (χ0) is 23.5. The van der Waals surface area contributed by atoms with E-state index in [9.17, 15) is 14.7 Å². The van der Waals surface area contributed by atoms with Crippen molar-refractivity contribution in [2.45, 2.75) is 25.5 Å². The lowest BCUT2D eigenvalue weighted by molar-refractivity contribution is -0.132. The van der Waals surface area contributed by atoms with E-state index in [1.807, 2.05) is 25.1 Å². The van der Waals surface area contributed by atoms with Crippen LogP contribution in [-0.4, -0.2) is 48.3 Å². The Hall–Kier alpha value is -2.74. The van der Waals surface area contributed by atoms with Crippen LogP contribution in [0, 0.1) is 0 Å². The van der Waals surface area contributed by atoms with Gasteiger partial charge in [-0.25, -0.2) is 4.79 Å². The number of urea groups is 1. The lowest BCUT2D eigenvalue weighted by Crippen LogP contribution is -2.43. The normalized spacial score (nSPS) is 19.4. The average Bonchev–Trinajstić information content (AvgIpc) is 2.96. The number of halogens is 2. The number of benzene rings is 2. The maximum atomic E-state index is 13.1. The molecular weight excluding hydrogens is 455 g/mol. The Morgan fingerprint density at radius 2 is 1.94 bits per heavy atom. The number of rotatable bonds is 8. The monoisotopic (exact) mass is 478 g/mol. The van der Waals surface area contributed by atoms with E-state index in [4.69, 9.17) is 32.7 Å². The van der Waals surface area contributed by atoms with E-state index in [0.717, 1.165) is 10.5 Å². The lowest BCUT2D eigenvalue weighted by atomic mass is 9.92. The number of hydrogen-bond donors (Lipinski definition) is 2. The fourth-order valence-corrected chi connectivity index (χ4v) is 4.09. The molecule has 32 heavy (non-hydrogen) atoms. The molecule has 2 unspecified atom stereocenters. The van der Waals surface area contributed by atoms with Gasteiger partial charge in [0.05, 0.1) is 13.7 Å². The van der Waals surface area contributed by atoms with Crippen LogP contribution in [-0.2, 0) is 10.3 Å². The number of hydrogen-bond acceptors (Lipinski definition) is 5. The topological polar surface area (TPSA) is 88.1 Å². The van der Waals surface area contributed by atoms with Gasteiger partial charge in [0.2, 0.25) is 0 Å². The third-order valence-electron chi connectivity index (χ3n) is 5.12. The number of ether oxygens (including phenoxy) is 2.